The minimum Gasteiger partial charge on any atom is -0.476 e. The summed E-state index contributed by atoms with van der Waals surface area (Å²) in [5, 5.41) is 4.14. The van der Waals surface area contributed by atoms with E-state index in [9.17, 15) is 0 Å². The van der Waals surface area contributed by atoms with E-state index in [0.717, 1.165) is 16.3 Å². The van der Waals surface area contributed by atoms with Crippen LogP contribution in [0.1, 0.15) is 25.5 Å². The van der Waals surface area contributed by atoms with Crippen molar-refractivity contribution in [3.63, 3.8) is 0 Å². The number of ether oxygens (including phenoxy) is 1. The van der Waals surface area contributed by atoms with Crippen LogP contribution in [-0.2, 0) is 0 Å². The number of nitrogens with zero attached hydrogens (tertiary/aromatic N) is 1. The smallest absolute Gasteiger partial charge is 0.237 e. The molecule has 1 N–H and O–H groups in total. The molecule has 0 aliphatic rings. The van der Waals surface area contributed by atoms with Gasteiger partial charge >= 0.3 is 0 Å². The lowest BCUT2D eigenvalue weighted by atomic mass is 10.1. The van der Waals surface area contributed by atoms with Gasteiger partial charge in [0.2, 0.25) is 5.88 Å². The molecule has 2 rings (SSSR count). The Morgan fingerprint density at radius 3 is 2.68 bits per heavy atom. The van der Waals surface area contributed by atoms with E-state index in [-0.39, 0.29) is 6.04 Å². The van der Waals surface area contributed by atoms with Gasteiger partial charge in [0.05, 0.1) is 12.3 Å². The number of hydrogen-bond acceptors (Lipinski definition) is 3. The largest absolute Gasteiger partial charge is 0.476 e. The van der Waals surface area contributed by atoms with Gasteiger partial charge in [-0.3, -0.25) is 0 Å². The number of rotatable bonds is 5. The highest BCUT2D eigenvalue weighted by Crippen LogP contribution is 2.26. The van der Waals surface area contributed by atoms with Crippen molar-refractivity contribution >= 4 is 17.3 Å². The quantitative estimate of drug-likeness (QED) is 0.884. The maximum absolute atomic E-state index is 5.89. The fourth-order valence-electron chi connectivity index (χ4n) is 1.82. The van der Waals surface area contributed by atoms with Crippen LogP contribution in [0.4, 0.5) is 5.69 Å². The maximum atomic E-state index is 5.89. The molecule has 0 saturated carbocycles. The first-order chi connectivity index (χ1) is 9.20. The first-order valence-corrected chi connectivity index (χ1v) is 6.68. The van der Waals surface area contributed by atoms with Crippen LogP contribution >= 0.6 is 11.6 Å². The number of pyridine rings is 1. The Morgan fingerprint density at radius 2 is 2.00 bits per heavy atom. The molecule has 0 saturated heterocycles. The van der Waals surface area contributed by atoms with E-state index in [0.29, 0.717) is 12.5 Å². The second kappa shape index (κ2) is 6.43. The molecule has 0 fully saturated rings. The van der Waals surface area contributed by atoms with E-state index in [1.54, 1.807) is 6.20 Å². The minimum atomic E-state index is 0.153. The summed E-state index contributed by atoms with van der Waals surface area (Å²) in [6.45, 7) is 4.63. The SMILES string of the molecule is CCOc1ncccc1NC(C)c1ccc(Cl)cc1. The third-order valence-corrected chi connectivity index (χ3v) is 3.05. The molecule has 0 bridgehead atoms. The molecule has 0 aliphatic heterocycles. The zero-order valence-electron chi connectivity index (χ0n) is 11.1. The first-order valence-electron chi connectivity index (χ1n) is 6.30. The molecule has 1 aromatic carbocycles. The van der Waals surface area contributed by atoms with Crippen molar-refractivity contribution in [2.45, 2.75) is 19.9 Å². The number of hydrogen-bond donors (Lipinski definition) is 1. The summed E-state index contributed by atoms with van der Waals surface area (Å²) in [4.78, 5) is 4.22. The molecule has 1 heterocycles. The van der Waals surface area contributed by atoms with Crippen LogP contribution in [0.25, 0.3) is 0 Å². The predicted octanol–water partition coefficient (Wildman–Crippen LogP) is 4.31. The monoisotopic (exact) mass is 276 g/mol. The molecule has 100 valence electrons. The Hall–Kier alpha value is -1.74. The van der Waals surface area contributed by atoms with E-state index in [1.807, 2.05) is 43.3 Å². The van der Waals surface area contributed by atoms with Crippen molar-refractivity contribution < 1.29 is 4.74 Å². The zero-order valence-corrected chi connectivity index (χ0v) is 11.8. The van der Waals surface area contributed by atoms with Gasteiger partial charge < -0.3 is 10.1 Å². The summed E-state index contributed by atoms with van der Waals surface area (Å²) in [6.07, 6.45) is 1.73. The van der Waals surface area contributed by atoms with Gasteiger partial charge in [0.1, 0.15) is 0 Å². The summed E-state index contributed by atoms with van der Waals surface area (Å²) in [7, 11) is 0. The molecular formula is C15H17ClN2O. The first kappa shape index (κ1) is 13.7. The van der Waals surface area contributed by atoms with Crippen LogP contribution in [-0.4, -0.2) is 11.6 Å². The highest BCUT2D eigenvalue weighted by Gasteiger charge is 2.09. The Morgan fingerprint density at radius 1 is 1.26 bits per heavy atom. The molecule has 1 unspecified atom stereocenters. The molecule has 19 heavy (non-hydrogen) atoms. The average Bonchev–Trinajstić information content (AvgIpc) is 2.42. The van der Waals surface area contributed by atoms with Crippen molar-refractivity contribution in [2.24, 2.45) is 0 Å². The average molecular weight is 277 g/mol. The summed E-state index contributed by atoms with van der Waals surface area (Å²) >= 11 is 5.89. The van der Waals surface area contributed by atoms with Gasteiger partial charge in [-0.25, -0.2) is 4.98 Å². The van der Waals surface area contributed by atoms with Crippen molar-refractivity contribution in [2.75, 3.05) is 11.9 Å². The van der Waals surface area contributed by atoms with Gasteiger partial charge in [0.15, 0.2) is 0 Å². The van der Waals surface area contributed by atoms with Crippen LogP contribution in [0.2, 0.25) is 5.02 Å². The molecule has 4 heteroatoms. The van der Waals surface area contributed by atoms with E-state index in [4.69, 9.17) is 16.3 Å². The predicted molar refractivity (Wildman–Crippen MR) is 78.9 cm³/mol. The van der Waals surface area contributed by atoms with Crippen molar-refractivity contribution in [3.05, 3.63) is 53.2 Å². The molecule has 0 radical (unpaired) electrons. The standard InChI is InChI=1S/C15H17ClN2O/c1-3-19-15-14(5-4-10-17-15)18-11(2)12-6-8-13(16)9-7-12/h4-11,18H,3H2,1-2H3. The highest BCUT2D eigenvalue weighted by molar-refractivity contribution is 6.30. The van der Waals surface area contributed by atoms with Gasteiger partial charge in [-0.2, -0.15) is 0 Å². The van der Waals surface area contributed by atoms with Crippen LogP contribution in [0.3, 0.4) is 0 Å². The summed E-state index contributed by atoms with van der Waals surface area (Å²) in [5.41, 5.74) is 2.06. The number of aromatic nitrogens is 1. The molecule has 1 aromatic heterocycles. The topological polar surface area (TPSA) is 34.1 Å². The summed E-state index contributed by atoms with van der Waals surface area (Å²) < 4.78 is 5.50. The van der Waals surface area contributed by atoms with E-state index in [1.165, 1.54) is 0 Å². The normalized spacial score (nSPS) is 11.9. The molecule has 0 aliphatic carbocycles. The van der Waals surface area contributed by atoms with Gasteiger partial charge in [0, 0.05) is 17.3 Å². The zero-order chi connectivity index (χ0) is 13.7. The molecule has 2 aromatic rings. The Labute approximate surface area is 118 Å². The van der Waals surface area contributed by atoms with Crippen molar-refractivity contribution in [3.8, 4) is 5.88 Å². The Balaban J connectivity index is 2.14. The third-order valence-electron chi connectivity index (χ3n) is 2.79. The third kappa shape index (κ3) is 3.61. The minimum absolute atomic E-state index is 0.153. The lowest BCUT2D eigenvalue weighted by molar-refractivity contribution is 0.328. The fraction of sp³-hybridized carbons (Fsp3) is 0.267. The number of nitrogens with one attached hydrogen (secondary N) is 1. The number of anilines is 1. The molecule has 1 atom stereocenters. The van der Waals surface area contributed by atoms with Gasteiger partial charge in [-0.05, 0) is 43.7 Å². The molecule has 0 spiro atoms. The lowest BCUT2D eigenvalue weighted by Gasteiger charge is -2.17. The second-order valence-corrected chi connectivity index (χ2v) is 4.64. The van der Waals surface area contributed by atoms with Crippen LogP contribution in [0.5, 0.6) is 5.88 Å². The maximum Gasteiger partial charge on any atom is 0.237 e. The van der Waals surface area contributed by atoms with E-state index >= 15 is 0 Å². The Kier molecular flexibility index (Phi) is 4.63. The lowest BCUT2D eigenvalue weighted by Crippen LogP contribution is -2.08. The van der Waals surface area contributed by atoms with Gasteiger partial charge in [0.25, 0.3) is 0 Å². The van der Waals surface area contributed by atoms with Crippen molar-refractivity contribution in [1.82, 2.24) is 4.98 Å². The van der Waals surface area contributed by atoms with E-state index in [2.05, 4.69) is 17.2 Å². The highest BCUT2D eigenvalue weighted by atomic mass is 35.5. The van der Waals surface area contributed by atoms with Gasteiger partial charge in [-0.1, -0.05) is 23.7 Å². The molecule has 0 amide bonds. The molecular weight excluding hydrogens is 260 g/mol. The number of benzene rings is 1. The van der Waals surface area contributed by atoms with Crippen LogP contribution < -0.4 is 10.1 Å². The fourth-order valence-corrected chi connectivity index (χ4v) is 1.95. The second-order valence-electron chi connectivity index (χ2n) is 4.21. The van der Waals surface area contributed by atoms with Crippen LogP contribution in [0, 0.1) is 0 Å². The summed E-state index contributed by atoms with van der Waals surface area (Å²) in [5.74, 6) is 0.630. The van der Waals surface area contributed by atoms with E-state index < -0.39 is 0 Å². The molecule has 3 nitrogen and oxygen atoms in total. The van der Waals surface area contributed by atoms with Crippen LogP contribution in [0.15, 0.2) is 42.6 Å². The van der Waals surface area contributed by atoms with Crippen molar-refractivity contribution in [1.29, 1.82) is 0 Å². The number of halogens is 1. The Bertz CT molecular complexity index is 528. The van der Waals surface area contributed by atoms with Gasteiger partial charge in [-0.15, -0.1) is 0 Å². The summed E-state index contributed by atoms with van der Waals surface area (Å²) in [6, 6.07) is 11.8.